The number of carbonyl (C=O) groups excluding carboxylic acids is 1. The molecule has 1 N–H and O–H groups in total. The van der Waals surface area contributed by atoms with Crippen molar-refractivity contribution >= 4 is 15.4 Å². The van der Waals surface area contributed by atoms with E-state index in [0.717, 1.165) is 44.9 Å². The van der Waals surface area contributed by atoms with Gasteiger partial charge in [0.1, 0.15) is 0 Å². The smallest absolute Gasteiger partial charge is 0.305 e. The van der Waals surface area contributed by atoms with Crippen LogP contribution in [0.25, 0.3) is 0 Å². The molecule has 1 aliphatic heterocycles. The van der Waals surface area contributed by atoms with Crippen LogP contribution in [0.1, 0.15) is 77.6 Å². The summed E-state index contributed by atoms with van der Waals surface area (Å²) in [5, 5.41) is 10.7. The minimum absolute atomic E-state index is 0.0387. The van der Waals surface area contributed by atoms with Gasteiger partial charge in [-0.1, -0.05) is 31.9 Å². The average molecular weight is 445 g/mol. The predicted octanol–water partition coefficient (Wildman–Crippen LogP) is 4.55. The zero-order valence-electron chi connectivity index (χ0n) is 18.7. The van der Waals surface area contributed by atoms with E-state index in [9.17, 15) is 9.90 Å². The standard InChI is InChI=1S/C23H41O6P/c1-3-4-9-13-23(27-15-16-28-23)14-12-19-18(20(24)17-21(19)29-30)10-7-5-6-8-11-22(25)26-2/h5,7,18-21,24H,3-4,6,8-17,30H2,1-2H3/b7-5-/t18?,19-,20?,21?/m1/s1. The van der Waals surface area contributed by atoms with Crippen LogP contribution in [-0.2, 0) is 23.5 Å². The Kier molecular flexibility index (Phi) is 11.8. The highest BCUT2D eigenvalue weighted by atomic mass is 31.0. The van der Waals surface area contributed by atoms with Gasteiger partial charge < -0.3 is 23.8 Å². The zero-order chi connectivity index (χ0) is 21.8. The number of esters is 1. The van der Waals surface area contributed by atoms with Crippen LogP contribution in [0.2, 0.25) is 0 Å². The van der Waals surface area contributed by atoms with Gasteiger partial charge in [-0.05, 0) is 43.9 Å². The van der Waals surface area contributed by atoms with Crippen molar-refractivity contribution in [3.05, 3.63) is 12.2 Å². The van der Waals surface area contributed by atoms with Gasteiger partial charge in [0.25, 0.3) is 0 Å². The van der Waals surface area contributed by atoms with E-state index < -0.39 is 5.79 Å². The van der Waals surface area contributed by atoms with Gasteiger partial charge in [-0.3, -0.25) is 4.79 Å². The number of ether oxygens (including phenoxy) is 3. The fourth-order valence-corrected chi connectivity index (χ4v) is 5.13. The van der Waals surface area contributed by atoms with Crippen LogP contribution >= 0.6 is 9.47 Å². The molecule has 0 bridgehead atoms. The van der Waals surface area contributed by atoms with Gasteiger partial charge >= 0.3 is 5.97 Å². The normalized spacial score (nSPS) is 28.4. The molecule has 5 atom stereocenters. The molecule has 0 amide bonds. The van der Waals surface area contributed by atoms with E-state index >= 15 is 0 Å². The molecule has 2 rings (SSSR count). The Morgan fingerprint density at radius 3 is 2.60 bits per heavy atom. The minimum atomic E-state index is -0.456. The van der Waals surface area contributed by atoms with Gasteiger partial charge in [-0.2, -0.15) is 0 Å². The predicted molar refractivity (Wildman–Crippen MR) is 120 cm³/mol. The van der Waals surface area contributed by atoms with Crippen molar-refractivity contribution < 1.29 is 28.6 Å². The topological polar surface area (TPSA) is 74.2 Å². The Hall–Kier alpha value is -0.520. The number of allylic oxidation sites excluding steroid dienone is 2. The van der Waals surface area contributed by atoms with Crippen molar-refractivity contribution in [3.63, 3.8) is 0 Å². The fraction of sp³-hybridized carbons (Fsp3) is 0.870. The molecule has 4 unspecified atom stereocenters. The molecule has 174 valence electrons. The lowest BCUT2D eigenvalue weighted by molar-refractivity contribution is -0.171. The van der Waals surface area contributed by atoms with Gasteiger partial charge in [0.15, 0.2) is 5.79 Å². The molecular formula is C23H41O6P. The lowest BCUT2D eigenvalue weighted by atomic mass is 9.85. The first-order chi connectivity index (χ1) is 14.5. The first-order valence-electron chi connectivity index (χ1n) is 11.6. The maximum Gasteiger partial charge on any atom is 0.305 e. The molecule has 0 aromatic carbocycles. The minimum Gasteiger partial charge on any atom is -0.469 e. The first kappa shape index (κ1) is 25.7. The van der Waals surface area contributed by atoms with Crippen LogP contribution in [0.3, 0.4) is 0 Å². The quantitative estimate of drug-likeness (QED) is 0.183. The third-order valence-corrected chi connectivity index (χ3v) is 6.91. The molecule has 2 fully saturated rings. The van der Waals surface area contributed by atoms with Crippen LogP contribution in [0.5, 0.6) is 0 Å². The average Bonchev–Trinajstić information content (AvgIpc) is 3.33. The van der Waals surface area contributed by atoms with E-state index in [4.69, 9.17) is 14.0 Å². The molecule has 2 aliphatic rings. The number of hydrogen-bond donors (Lipinski definition) is 1. The van der Waals surface area contributed by atoms with E-state index in [1.807, 2.05) is 0 Å². The van der Waals surface area contributed by atoms with E-state index in [0.29, 0.717) is 26.1 Å². The van der Waals surface area contributed by atoms with Crippen molar-refractivity contribution in [2.75, 3.05) is 20.3 Å². The lowest BCUT2D eigenvalue weighted by Gasteiger charge is -2.31. The number of hydrogen-bond acceptors (Lipinski definition) is 6. The van der Waals surface area contributed by atoms with E-state index in [1.54, 1.807) is 0 Å². The van der Waals surface area contributed by atoms with Gasteiger partial charge in [0.2, 0.25) is 0 Å². The highest BCUT2D eigenvalue weighted by molar-refractivity contribution is 7.09. The second kappa shape index (κ2) is 13.8. The third-order valence-electron chi connectivity index (χ3n) is 6.56. The highest BCUT2D eigenvalue weighted by Gasteiger charge is 2.44. The number of unbranched alkanes of at least 4 members (excludes halogenated alkanes) is 3. The SMILES string of the molecule is CCCCCC1(CC[C@H]2C(OP)CC(O)C2C/C=C\CCCC(=O)OC)OCCO1. The summed E-state index contributed by atoms with van der Waals surface area (Å²) in [5.74, 6) is -0.184. The summed E-state index contributed by atoms with van der Waals surface area (Å²) < 4.78 is 22.4. The number of carbonyl (C=O) groups is 1. The monoisotopic (exact) mass is 444 g/mol. The molecule has 6 nitrogen and oxygen atoms in total. The Balaban J connectivity index is 1.87. The van der Waals surface area contributed by atoms with Crippen LogP contribution in [0, 0.1) is 11.8 Å². The fourth-order valence-electron chi connectivity index (χ4n) is 4.82. The van der Waals surface area contributed by atoms with Crippen molar-refractivity contribution in [1.29, 1.82) is 0 Å². The third kappa shape index (κ3) is 7.87. The maximum absolute atomic E-state index is 11.2. The number of aliphatic hydroxyl groups is 1. The number of methoxy groups -OCH3 is 1. The molecular weight excluding hydrogens is 403 g/mol. The van der Waals surface area contributed by atoms with E-state index in [1.165, 1.54) is 20.0 Å². The van der Waals surface area contributed by atoms with Gasteiger partial charge in [0.05, 0.1) is 32.5 Å². The molecule has 7 heteroatoms. The van der Waals surface area contributed by atoms with Crippen molar-refractivity contribution in [2.24, 2.45) is 11.8 Å². The molecule has 1 aliphatic carbocycles. The molecule has 1 saturated carbocycles. The maximum atomic E-state index is 11.2. The second-order valence-electron chi connectivity index (χ2n) is 8.58. The molecule has 0 aromatic rings. The lowest BCUT2D eigenvalue weighted by Crippen LogP contribution is -2.33. The largest absolute Gasteiger partial charge is 0.469 e. The molecule has 1 heterocycles. The van der Waals surface area contributed by atoms with Crippen molar-refractivity contribution in [3.8, 4) is 0 Å². The molecule has 0 aromatic heterocycles. The summed E-state index contributed by atoms with van der Waals surface area (Å²) in [7, 11) is 3.80. The summed E-state index contributed by atoms with van der Waals surface area (Å²) in [6, 6.07) is 0. The molecule has 0 spiro atoms. The van der Waals surface area contributed by atoms with Crippen LogP contribution < -0.4 is 0 Å². The molecule has 0 radical (unpaired) electrons. The van der Waals surface area contributed by atoms with Crippen molar-refractivity contribution in [1.82, 2.24) is 0 Å². The Morgan fingerprint density at radius 1 is 1.17 bits per heavy atom. The molecule has 30 heavy (non-hydrogen) atoms. The van der Waals surface area contributed by atoms with Crippen LogP contribution in [0.15, 0.2) is 12.2 Å². The summed E-state index contributed by atoms with van der Waals surface area (Å²) in [6.45, 7) is 3.54. The van der Waals surface area contributed by atoms with Crippen LogP contribution in [-0.4, -0.2) is 49.4 Å². The van der Waals surface area contributed by atoms with E-state index in [-0.39, 0.29) is 30.0 Å². The summed E-state index contributed by atoms with van der Waals surface area (Å²) in [5.41, 5.74) is 0. The van der Waals surface area contributed by atoms with Gasteiger partial charge in [-0.15, -0.1) is 0 Å². The van der Waals surface area contributed by atoms with Gasteiger partial charge in [0, 0.05) is 35.2 Å². The number of aliphatic hydroxyl groups excluding tert-OH is 1. The summed E-state index contributed by atoms with van der Waals surface area (Å²) >= 11 is 0. The Labute approximate surface area is 184 Å². The van der Waals surface area contributed by atoms with Crippen molar-refractivity contribution in [2.45, 2.75) is 95.5 Å². The summed E-state index contributed by atoms with van der Waals surface area (Å²) in [6.07, 6.45) is 13.7. The van der Waals surface area contributed by atoms with Gasteiger partial charge in [-0.25, -0.2) is 0 Å². The Morgan fingerprint density at radius 2 is 1.93 bits per heavy atom. The highest BCUT2D eigenvalue weighted by Crippen LogP contribution is 2.43. The second-order valence-corrected chi connectivity index (χ2v) is 8.86. The van der Waals surface area contributed by atoms with E-state index in [2.05, 4.69) is 33.3 Å². The Bertz CT molecular complexity index is 520. The first-order valence-corrected chi connectivity index (χ1v) is 12.1. The zero-order valence-corrected chi connectivity index (χ0v) is 19.9. The number of rotatable bonds is 14. The van der Waals surface area contributed by atoms with Crippen LogP contribution in [0.4, 0.5) is 0 Å². The summed E-state index contributed by atoms with van der Waals surface area (Å²) in [4.78, 5) is 11.2. The molecule has 1 saturated heterocycles.